The lowest BCUT2D eigenvalue weighted by Gasteiger charge is -2.11. The predicted octanol–water partition coefficient (Wildman–Crippen LogP) is 1.51. The molecular formula is C9H11FO2. The fourth-order valence-corrected chi connectivity index (χ4v) is 0.993. The lowest BCUT2D eigenvalue weighted by atomic mass is 10.1. The average Bonchev–Trinajstić information content (AvgIpc) is 2.10. The Balaban J connectivity index is 2.80. The highest BCUT2D eigenvalue weighted by atomic mass is 19.1. The monoisotopic (exact) mass is 170 g/mol. The molecule has 0 saturated heterocycles. The van der Waals surface area contributed by atoms with Crippen molar-refractivity contribution in [1.29, 1.82) is 0 Å². The molecule has 1 rings (SSSR count). The number of hydrogen-bond donors (Lipinski definition) is 1. The molecule has 1 aromatic rings. The van der Waals surface area contributed by atoms with Gasteiger partial charge in [0.2, 0.25) is 0 Å². The maximum atomic E-state index is 12.5. The summed E-state index contributed by atoms with van der Waals surface area (Å²) in [6.45, 7) is -0.0951. The zero-order chi connectivity index (χ0) is 8.97. The summed E-state index contributed by atoms with van der Waals surface area (Å²) in [4.78, 5) is 0. The van der Waals surface area contributed by atoms with Crippen molar-refractivity contribution in [2.75, 3.05) is 13.7 Å². The summed E-state index contributed by atoms with van der Waals surface area (Å²) in [7, 11) is 1.50. The number of aliphatic hydroxyl groups is 1. The predicted molar refractivity (Wildman–Crippen MR) is 43.2 cm³/mol. The second kappa shape index (κ2) is 4.18. The van der Waals surface area contributed by atoms with Gasteiger partial charge in [0, 0.05) is 7.11 Å². The molecule has 0 heterocycles. The highest BCUT2D eigenvalue weighted by Gasteiger charge is 2.07. The Hall–Kier alpha value is -0.930. The summed E-state index contributed by atoms with van der Waals surface area (Å²) in [5, 5.41) is 8.83. The summed E-state index contributed by atoms with van der Waals surface area (Å²) in [5.41, 5.74) is 0.779. The van der Waals surface area contributed by atoms with Crippen LogP contribution in [0, 0.1) is 5.82 Å². The van der Waals surface area contributed by atoms with Gasteiger partial charge in [0.25, 0.3) is 0 Å². The summed E-state index contributed by atoms with van der Waals surface area (Å²) in [6, 6.07) is 5.88. The van der Waals surface area contributed by atoms with E-state index in [2.05, 4.69) is 0 Å². The van der Waals surface area contributed by atoms with E-state index in [0.717, 1.165) is 5.56 Å². The Morgan fingerprint density at radius 1 is 1.42 bits per heavy atom. The smallest absolute Gasteiger partial charge is 0.123 e. The molecule has 0 aliphatic heterocycles. The first-order valence-electron chi connectivity index (χ1n) is 3.67. The van der Waals surface area contributed by atoms with Crippen molar-refractivity contribution in [2.24, 2.45) is 0 Å². The van der Waals surface area contributed by atoms with Crippen LogP contribution in [-0.2, 0) is 4.74 Å². The van der Waals surface area contributed by atoms with Crippen molar-refractivity contribution in [1.82, 2.24) is 0 Å². The van der Waals surface area contributed by atoms with Crippen molar-refractivity contribution in [3.8, 4) is 0 Å². The van der Waals surface area contributed by atoms with Crippen LogP contribution >= 0.6 is 0 Å². The number of aliphatic hydroxyl groups excluding tert-OH is 1. The first kappa shape index (κ1) is 9.16. The van der Waals surface area contributed by atoms with Crippen LogP contribution < -0.4 is 0 Å². The van der Waals surface area contributed by atoms with E-state index in [1.54, 1.807) is 12.1 Å². The van der Waals surface area contributed by atoms with E-state index in [-0.39, 0.29) is 18.5 Å². The third-order valence-corrected chi connectivity index (χ3v) is 1.69. The second-order valence-electron chi connectivity index (χ2n) is 2.46. The zero-order valence-corrected chi connectivity index (χ0v) is 6.83. The molecule has 1 aromatic carbocycles. The maximum absolute atomic E-state index is 12.5. The van der Waals surface area contributed by atoms with Gasteiger partial charge in [-0.25, -0.2) is 4.39 Å². The van der Waals surface area contributed by atoms with Gasteiger partial charge in [-0.1, -0.05) is 12.1 Å². The molecule has 0 saturated carbocycles. The average molecular weight is 170 g/mol. The van der Waals surface area contributed by atoms with E-state index < -0.39 is 0 Å². The molecule has 0 aliphatic carbocycles. The summed E-state index contributed by atoms with van der Waals surface area (Å²) >= 11 is 0. The second-order valence-corrected chi connectivity index (χ2v) is 2.46. The first-order chi connectivity index (χ1) is 5.77. The topological polar surface area (TPSA) is 29.5 Å². The molecule has 0 unspecified atom stereocenters. The standard InChI is InChI=1S/C9H11FO2/c1-12-9(6-11)7-2-4-8(10)5-3-7/h2-5,9,11H,6H2,1H3/t9-/m1/s1. The number of hydrogen-bond acceptors (Lipinski definition) is 2. The van der Waals surface area contributed by atoms with Crippen molar-refractivity contribution >= 4 is 0 Å². The molecule has 66 valence electrons. The minimum atomic E-state index is -0.356. The Kier molecular flexibility index (Phi) is 3.19. The molecule has 0 aliphatic rings. The zero-order valence-electron chi connectivity index (χ0n) is 6.83. The van der Waals surface area contributed by atoms with E-state index in [4.69, 9.17) is 9.84 Å². The minimum absolute atomic E-state index is 0.0951. The van der Waals surface area contributed by atoms with Crippen LogP contribution in [0.5, 0.6) is 0 Å². The molecule has 0 amide bonds. The van der Waals surface area contributed by atoms with Gasteiger partial charge < -0.3 is 9.84 Å². The first-order valence-corrected chi connectivity index (χ1v) is 3.67. The lowest BCUT2D eigenvalue weighted by Crippen LogP contribution is -2.05. The van der Waals surface area contributed by atoms with E-state index >= 15 is 0 Å². The highest BCUT2D eigenvalue weighted by Crippen LogP contribution is 2.15. The Morgan fingerprint density at radius 2 is 2.00 bits per heavy atom. The molecule has 1 N–H and O–H groups in total. The molecule has 12 heavy (non-hydrogen) atoms. The molecule has 2 nitrogen and oxygen atoms in total. The largest absolute Gasteiger partial charge is 0.393 e. The van der Waals surface area contributed by atoms with Gasteiger partial charge in [0.1, 0.15) is 11.9 Å². The van der Waals surface area contributed by atoms with E-state index in [0.29, 0.717) is 0 Å². The van der Waals surface area contributed by atoms with Crippen LogP contribution in [0.3, 0.4) is 0 Å². The van der Waals surface area contributed by atoms with Gasteiger partial charge in [0.05, 0.1) is 6.61 Å². The molecule has 0 bridgehead atoms. The molecule has 1 atom stereocenters. The van der Waals surface area contributed by atoms with Crippen LogP contribution in [-0.4, -0.2) is 18.8 Å². The summed E-state index contributed by atoms with van der Waals surface area (Å²) < 4.78 is 17.4. The van der Waals surface area contributed by atoms with Gasteiger partial charge in [-0.3, -0.25) is 0 Å². The van der Waals surface area contributed by atoms with Crippen molar-refractivity contribution in [3.05, 3.63) is 35.6 Å². The quantitative estimate of drug-likeness (QED) is 0.745. The van der Waals surface area contributed by atoms with Crippen LogP contribution in [0.15, 0.2) is 24.3 Å². The molecule has 0 radical (unpaired) electrons. The SMILES string of the molecule is CO[C@H](CO)c1ccc(F)cc1. The van der Waals surface area contributed by atoms with Crippen molar-refractivity contribution < 1.29 is 14.2 Å². The summed E-state index contributed by atoms with van der Waals surface area (Å²) in [5.74, 6) is -0.286. The van der Waals surface area contributed by atoms with E-state index in [1.165, 1.54) is 19.2 Å². The van der Waals surface area contributed by atoms with Crippen LogP contribution in [0.25, 0.3) is 0 Å². The normalized spacial score (nSPS) is 12.9. The minimum Gasteiger partial charge on any atom is -0.393 e. The lowest BCUT2D eigenvalue weighted by molar-refractivity contribution is 0.0484. The van der Waals surface area contributed by atoms with Gasteiger partial charge in [-0.2, -0.15) is 0 Å². The highest BCUT2D eigenvalue weighted by molar-refractivity contribution is 5.18. The third kappa shape index (κ3) is 2.03. The number of ether oxygens (including phenoxy) is 1. The van der Waals surface area contributed by atoms with Crippen molar-refractivity contribution in [3.63, 3.8) is 0 Å². The van der Waals surface area contributed by atoms with Gasteiger partial charge in [-0.05, 0) is 17.7 Å². The van der Waals surface area contributed by atoms with E-state index in [9.17, 15) is 4.39 Å². The molecule has 0 spiro atoms. The van der Waals surface area contributed by atoms with E-state index in [1.807, 2.05) is 0 Å². The Bertz CT molecular complexity index is 229. The third-order valence-electron chi connectivity index (χ3n) is 1.69. The number of halogens is 1. The van der Waals surface area contributed by atoms with Gasteiger partial charge in [0.15, 0.2) is 0 Å². The van der Waals surface area contributed by atoms with Crippen LogP contribution in [0.1, 0.15) is 11.7 Å². The fraction of sp³-hybridized carbons (Fsp3) is 0.333. The summed E-state index contributed by atoms with van der Waals surface area (Å²) in [6.07, 6.45) is -0.356. The van der Waals surface area contributed by atoms with Crippen molar-refractivity contribution in [2.45, 2.75) is 6.10 Å². The number of rotatable bonds is 3. The van der Waals surface area contributed by atoms with Crippen LogP contribution in [0.2, 0.25) is 0 Å². The molecular weight excluding hydrogens is 159 g/mol. The molecule has 0 fully saturated rings. The van der Waals surface area contributed by atoms with Gasteiger partial charge >= 0.3 is 0 Å². The molecule has 0 aromatic heterocycles. The Labute approximate surface area is 70.6 Å². The Morgan fingerprint density at radius 3 is 2.42 bits per heavy atom. The maximum Gasteiger partial charge on any atom is 0.123 e. The number of methoxy groups -OCH3 is 1. The molecule has 3 heteroatoms. The van der Waals surface area contributed by atoms with Crippen LogP contribution in [0.4, 0.5) is 4.39 Å². The van der Waals surface area contributed by atoms with Gasteiger partial charge in [-0.15, -0.1) is 0 Å². The number of benzene rings is 1. The fourth-order valence-electron chi connectivity index (χ4n) is 0.993.